The molecule has 0 bridgehead atoms. The van der Waals surface area contributed by atoms with Gasteiger partial charge in [-0.05, 0) is 13.8 Å². The second kappa shape index (κ2) is 6.85. The van der Waals surface area contributed by atoms with E-state index in [2.05, 4.69) is 15.4 Å². The monoisotopic (exact) mass is 370 g/mol. The molecule has 0 saturated carbocycles. The maximum atomic E-state index is 11.5. The summed E-state index contributed by atoms with van der Waals surface area (Å²) in [4.78, 5) is 23.8. The number of hydrogen-bond acceptors (Lipinski definition) is 8. The summed E-state index contributed by atoms with van der Waals surface area (Å²) in [7, 11) is 0. The first-order valence-corrected chi connectivity index (χ1v) is 8.15. The molecule has 0 aromatic carbocycles. The van der Waals surface area contributed by atoms with E-state index in [-0.39, 0.29) is 6.61 Å². The summed E-state index contributed by atoms with van der Waals surface area (Å²) < 4.78 is 7.27. The van der Waals surface area contributed by atoms with Crippen LogP contribution in [0.3, 0.4) is 0 Å². The first-order chi connectivity index (χ1) is 12.0. The molecule has 1 fully saturated rings. The van der Waals surface area contributed by atoms with Crippen molar-refractivity contribution in [3.63, 3.8) is 0 Å². The second-order valence-corrected chi connectivity index (χ2v) is 6.69. The van der Waals surface area contributed by atoms with Gasteiger partial charge in [0.1, 0.15) is 29.1 Å². The first-order valence-electron chi connectivity index (χ1n) is 7.77. The number of carbonyl (C=O) groups is 1. The van der Waals surface area contributed by atoms with Crippen LogP contribution in [0.1, 0.15) is 30.4 Å². The van der Waals surface area contributed by atoms with Crippen molar-refractivity contribution >= 4 is 34.7 Å². The minimum atomic E-state index is -1.22. The predicted octanol–water partition coefficient (Wildman–Crippen LogP) is 0.855. The maximum Gasteiger partial charge on any atom is 0.163 e. The number of halogens is 1. The molecule has 3 heterocycles. The Kier molecular flexibility index (Phi) is 4.94. The molecule has 4 atom stereocenters. The van der Waals surface area contributed by atoms with E-state index in [9.17, 15) is 15.0 Å². The number of nitrogens with one attached hydrogen (secondary N) is 1. The third-order valence-electron chi connectivity index (χ3n) is 4.23. The Morgan fingerprint density at radius 3 is 2.92 bits per heavy atom. The lowest BCUT2D eigenvalue weighted by Gasteiger charge is -2.26. The van der Waals surface area contributed by atoms with Gasteiger partial charge < -0.3 is 19.5 Å². The number of hydrogen-bond donors (Lipinski definition) is 3. The van der Waals surface area contributed by atoms with Gasteiger partial charge in [-0.3, -0.25) is 9.63 Å². The third-order valence-corrected chi connectivity index (χ3v) is 4.64. The summed E-state index contributed by atoms with van der Waals surface area (Å²) in [5.41, 5.74) is 3.39. The highest BCUT2D eigenvalue weighted by Crippen LogP contribution is 2.44. The molecule has 3 rings (SSSR count). The van der Waals surface area contributed by atoms with E-state index in [0.717, 1.165) is 0 Å². The largest absolute Gasteiger partial charge is 0.394 e. The summed E-state index contributed by atoms with van der Waals surface area (Å²) in [5.74, 6) is 0.334. The molecule has 2 aromatic rings. The van der Waals surface area contributed by atoms with Crippen molar-refractivity contribution in [1.82, 2.24) is 14.5 Å². The molecule has 2 aromatic heterocycles. The molecule has 0 amide bonds. The Balaban J connectivity index is 2.13. The summed E-state index contributed by atoms with van der Waals surface area (Å²) in [5, 5.41) is 20.1. The molecule has 25 heavy (non-hydrogen) atoms. The zero-order valence-corrected chi connectivity index (χ0v) is 14.5. The molecular weight excluding hydrogens is 352 g/mol. The van der Waals surface area contributed by atoms with Crippen LogP contribution in [0.25, 0.3) is 11.0 Å². The van der Waals surface area contributed by atoms with Gasteiger partial charge in [-0.15, -0.1) is 11.6 Å². The average Bonchev–Trinajstić information content (AvgIpc) is 3.09. The summed E-state index contributed by atoms with van der Waals surface area (Å²) in [6.07, 6.45) is 0.736. The van der Waals surface area contributed by atoms with Gasteiger partial charge in [0.05, 0.1) is 18.6 Å². The number of aliphatic hydroxyl groups excluding tert-OH is 2. The Bertz CT molecular complexity index is 781. The summed E-state index contributed by atoms with van der Waals surface area (Å²) in [6.45, 7) is 3.43. The quantitative estimate of drug-likeness (QED) is 0.389. The van der Waals surface area contributed by atoms with Crippen molar-refractivity contribution in [1.29, 1.82) is 0 Å². The molecule has 1 saturated heterocycles. The minimum Gasteiger partial charge on any atom is -0.394 e. The summed E-state index contributed by atoms with van der Waals surface area (Å²) >= 11 is 6.49. The van der Waals surface area contributed by atoms with Gasteiger partial charge in [0.25, 0.3) is 0 Å². The molecule has 0 radical (unpaired) electrons. The Morgan fingerprint density at radius 1 is 1.56 bits per heavy atom. The van der Waals surface area contributed by atoms with Crippen LogP contribution < -0.4 is 5.48 Å². The molecule has 0 aliphatic carbocycles. The van der Waals surface area contributed by atoms with Crippen molar-refractivity contribution in [2.75, 3.05) is 18.7 Å². The fraction of sp³-hybridized carbons (Fsp3) is 0.533. The van der Waals surface area contributed by atoms with Crippen LogP contribution in [0.2, 0.25) is 0 Å². The molecule has 136 valence electrons. The topological polar surface area (TPSA) is 119 Å². The predicted molar refractivity (Wildman–Crippen MR) is 89.4 cm³/mol. The van der Waals surface area contributed by atoms with Crippen LogP contribution in [-0.2, 0) is 9.57 Å². The number of aldehydes is 1. The fourth-order valence-electron chi connectivity index (χ4n) is 2.96. The van der Waals surface area contributed by atoms with Gasteiger partial charge in [-0.1, -0.05) is 0 Å². The highest BCUT2D eigenvalue weighted by atomic mass is 35.5. The van der Waals surface area contributed by atoms with Crippen LogP contribution in [0.5, 0.6) is 0 Å². The number of fused-ring (bicyclic) bond motifs is 1. The lowest BCUT2D eigenvalue weighted by atomic mass is 10.0. The van der Waals surface area contributed by atoms with E-state index >= 15 is 0 Å². The van der Waals surface area contributed by atoms with Crippen LogP contribution in [0, 0.1) is 0 Å². The molecule has 10 heteroatoms. The molecule has 2 unspecified atom stereocenters. The number of aromatic nitrogens is 3. The summed E-state index contributed by atoms with van der Waals surface area (Å²) in [6, 6.07) is 0. The van der Waals surface area contributed by atoms with Crippen molar-refractivity contribution in [2.24, 2.45) is 0 Å². The Hall–Kier alpha value is -1.78. The number of anilines is 1. The van der Waals surface area contributed by atoms with E-state index in [1.54, 1.807) is 18.4 Å². The smallest absolute Gasteiger partial charge is 0.163 e. The normalized spacial score (nSPS) is 29.2. The van der Waals surface area contributed by atoms with Gasteiger partial charge in [0.15, 0.2) is 18.3 Å². The van der Waals surface area contributed by atoms with Crippen LogP contribution in [0.4, 0.5) is 5.82 Å². The van der Waals surface area contributed by atoms with E-state index in [4.69, 9.17) is 21.2 Å². The van der Waals surface area contributed by atoms with E-state index in [1.807, 2.05) is 0 Å². The number of alkyl halides is 1. The molecule has 9 nitrogen and oxygen atoms in total. The van der Waals surface area contributed by atoms with Crippen LogP contribution in [0.15, 0.2) is 12.5 Å². The highest BCUT2D eigenvalue weighted by molar-refractivity contribution is 6.24. The average molecular weight is 371 g/mol. The van der Waals surface area contributed by atoms with Gasteiger partial charge in [0, 0.05) is 11.8 Å². The number of carbonyl (C=O) groups excluding carboxylic acids is 1. The standard InChI is InChI=1S/C15H19ClN4O5/c1-3-24-19-12-10-8(5-21)4-20(13(10)18-7-17-12)14-15(2,16)11(23)9(6-22)25-14/h4-5,7,9,11,14,22-23H,3,6H2,1-2H3,(H,17,18,19)/t9?,11?,14-,15-/m1/s1. The molecule has 1 aliphatic rings. The fourth-order valence-corrected chi connectivity index (χ4v) is 3.26. The zero-order chi connectivity index (χ0) is 18.2. The second-order valence-electron chi connectivity index (χ2n) is 5.87. The van der Waals surface area contributed by atoms with E-state index in [0.29, 0.717) is 35.3 Å². The molecule has 1 aliphatic heterocycles. The minimum absolute atomic E-state index is 0.316. The van der Waals surface area contributed by atoms with Crippen molar-refractivity contribution in [3.8, 4) is 0 Å². The number of ether oxygens (including phenoxy) is 1. The van der Waals surface area contributed by atoms with Gasteiger partial charge in [-0.2, -0.15) is 0 Å². The number of aliphatic hydroxyl groups is 2. The van der Waals surface area contributed by atoms with E-state index < -0.39 is 23.3 Å². The molecular formula is C15H19ClN4O5. The van der Waals surface area contributed by atoms with E-state index in [1.165, 1.54) is 12.5 Å². The van der Waals surface area contributed by atoms with Crippen molar-refractivity contribution in [2.45, 2.75) is 37.2 Å². The van der Waals surface area contributed by atoms with Gasteiger partial charge in [-0.25, -0.2) is 15.4 Å². The SMILES string of the molecule is CCONc1ncnc2c1c(C=O)cn2[C@@H]1OC(CO)C(O)[C@@]1(C)Cl. The number of rotatable bonds is 6. The lowest BCUT2D eigenvalue weighted by molar-refractivity contribution is -0.0439. The van der Waals surface area contributed by atoms with Gasteiger partial charge >= 0.3 is 0 Å². The lowest BCUT2D eigenvalue weighted by Crippen LogP contribution is -2.39. The van der Waals surface area contributed by atoms with Crippen LogP contribution >= 0.6 is 11.6 Å². The maximum absolute atomic E-state index is 11.5. The van der Waals surface area contributed by atoms with Gasteiger partial charge in [0.2, 0.25) is 0 Å². The first kappa shape index (κ1) is 18.0. The third kappa shape index (κ3) is 2.87. The molecule has 0 spiro atoms. The van der Waals surface area contributed by atoms with Crippen molar-refractivity contribution in [3.05, 3.63) is 18.1 Å². The van der Waals surface area contributed by atoms with Crippen molar-refractivity contribution < 1.29 is 24.6 Å². The Morgan fingerprint density at radius 2 is 2.32 bits per heavy atom. The highest BCUT2D eigenvalue weighted by Gasteiger charge is 2.53. The zero-order valence-electron chi connectivity index (χ0n) is 13.7. The Labute approximate surface area is 148 Å². The molecule has 3 N–H and O–H groups in total. The number of nitrogens with zero attached hydrogens (tertiary/aromatic N) is 3. The van der Waals surface area contributed by atoms with Crippen LogP contribution in [-0.4, -0.2) is 61.3 Å².